The van der Waals surface area contributed by atoms with Crippen molar-refractivity contribution in [1.29, 1.82) is 0 Å². The van der Waals surface area contributed by atoms with Crippen molar-refractivity contribution in [2.75, 3.05) is 14.1 Å². The second-order valence-electron chi connectivity index (χ2n) is 7.21. The van der Waals surface area contributed by atoms with Gasteiger partial charge < -0.3 is 5.32 Å². The molecule has 0 bridgehead atoms. The lowest BCUT2D eigenvalue weighted by Crippen LogP contribution is -2.49. The summed E-state index contributed by atoms with van der Waals surface area (Å²) in [5, 5.41) is 5.56. The number of amides is 1. The van der Waals surface area contributed by atoms with Crippen molar-refractivity contribution in [3.8, 4) is 0 Å². The lowest BCUT2D eigenvalue weighted by Gasteiger charge is -2.24. The quantitative estimate of drug-likeness (QED) is 0.297. The van der Waals surface area contributed by atoms with Crippen molar-refractivity contribution in [3.63, 3.8) is 0 Å². The highest BCUT2D eigenvalue weighted by Crippen LogP contribution is 2.32. The van der Waals surface area contributed by atoms with Gasteiger partial charge in [-0.05, 0) is 39.5 Å². The van der Waals surface area contributed by atoms with Crippen molar-refractivity contribution in [1.82, 2.24) is 25.6 Å². The molecule has 2 rings (SSSR count). The smallest absolute Gasteiger partial charge is 0.284 e. The van der Waals surface area contributed by atoms with Crippen LogP contribution in [0.3, 0.4) is 0 Å². The first-order chi connectivity index (χ1) is 12.5. The molecule has 0 aromatic carbocycles. The van der Waals surface area contributed by atoms with Crippen molar-refractivity contribution in [2.24, 2.45) is 11.8 Å². The van der Waals surface area contributed by atoms with Crippen LogP contribution < -0.4 is 15.6 Å². The van der Waals surface area contributed by atoms with Crippen LogP contribution in [0.15, 0.2) is 11.1 Å². The van der Waals surface area contributed by atoms with Crippen LogP contribution >= 0.6 is 24.4 Å². The minimum atomic E-state index is -4.14. The fourth-order valence-corrected chi connectivity index (χ4v) is 3.94. The average Bonchev–Trinajstić information content (AvgIpc) is 3.45. The molecule has 11 heteroatoms. The Morgan fingerprint density at radius 1 is 1.04 bits per heavy atom. The molecule has 0 atom stereocenters. The van der Waals surface area contributed by atoms with E-state index in [9.17, 15) is 13.2 Å². The molecule has 2 saturated carbocycles. The Bertz CT molecular complexity index is 742. The molecule has 2 aliphatic rings. The normalized spacial score (nSPS) is 17.4. The maximum absolute atomic E-state index is 12.8. The summed E-state index contributed by atoms with van der Waals surface area (Å²) in [6.45, 7) is 3.68. The van der Waals surface area contributed by atoms with Gasteiger partial charge in [-0.15, -0.1) is 4.83 Å². The zero-order chi connectivity index (χ0) is 20.4. The van der Waals surface area contributed by atoms with Crippen LogP contribution in [0.25, 0.3) is 0 Å². The van der Waals surface area contributed by atoms with E-state index >= 15 is 0 Å². The van der Waals surface area contributed by atoms with Gasteiger partial charge in [0.15, 0.2) is 4.91 Å². The second-order valence-corrected chi connectivity index (χ2v) is 9.67. The lowest BCUT2D eigenvalue weighted by atomic mass is 10.4. The maximum Gasteiger partial charge on any atom is 0.284 e. The van der Waals surface area contributed by atoms with Gasteiger partial charge in [0.1, 0.15) is 0 Å². The third-order valence-corrected chi connectivity index (χ3v) is 6.71. The lowest BCUT2D eigenvalue weighted by molar-refractivity contribution is -0.119. The summed E-state index contributed by atoms with van der Waals surface area (Å²) >= 11 is 10.6. The van der Waals surface area contributed by atoms with Gasteiger partial charge >= 0.3 is 0 Å². The minimum Gasteiger partial charge on any atom is -0.387 e. The maximum atomic E-state index is 12.8. The number of rotatable bonds is 8. The van der Waals surface area contributed by atoms with Crippen molar-refractivity contribution >= 4 is 50.3 Å². The highest BCUT2D eigenvalue weighted by Gasteiger charge is 2.34. The van der Waals surface area contributed by atoms with E-state index in [1.54, 1.807) is 7.05 Å². The molecule has 152 valence electrons. The highest BCUT2D eigenvalue weighted by atomic mass is 32.2. The molecular weight excluding hydrogens is 406 g/mol. The molecule has 2 aliphatic carbocycles. The standard InChI is InChI=1S/C16H27N5O3S3/c1-10(2)17-9-13(14(22)18-20(3)15(25)11-5-6-11)27(23,24)19-21(4)16(26)12-7-8-12/h9-12,17,19H,5-8H2,1-4H3,(H,18,22). The van der Waals surface area contributed by atoms with Crippen LogP contribution in [0.4, 0.5) is 0 Å². The van der Waals surface area contributed by atoms with Gasteiger partial charge in [0.05, 0.1) is 9.98 Å². The van der Waals surface area contributed by atoms with E-state index in [1.807, 2.05) is 13.8 Å². The summed E-state index contributed by atoms with van der Waals surface area (Å²) in [4.78, 5) is 15.7. The van der Waals surface area contributed by atoms with Gasteiger partial charge in [0.25, 0.3) is 15.9 Å². The number of carbonyl (C=O) groups is 1. The van der Waals surface area contributed by atoms with Crippen LogP contribution in [0, 0.1) is 11.8 Å². The third kappa shape index (κ3) is 6.37. The van der Waals surface area contributed by atoms with Crippen molar-refractivity contribution in [2.45, 2.75) is 45.6 Å². The van der Waals surface area contributed by atoms with E-state index in [0.29, 0.717) is 9.98 Å². The Hall–Kier alpha value is -1.30. The first kappa shape index (κ1) is 22.0. The molecule has 0 heterocycles. The van der Waals surface area contributed by atoms with E-state index in [0.717, 1.165) is 25.7 Å². The largest absolute Gasteiger partial charge is 0.387 e. The van der Waals surface area contributed by atoms with E-state index in [2.05, 4.69) is 15.6 Å². The molecule has 0 aliphatic heterocycles. The zero-order valence-electron chi connectivity index (χ0n) is 16.0. The third-order valence-electron chi connectivity index (χ3n) is 4.10. The molecular formula is C16H27N5O3S3. The summed E-state index contributed by atoms with van der Waals surface area (Å²) in [6.07, 6.45) is 5.07. The molecule has 1 amide bonds. The van der Waals surface area contributed by atoms with Crippen LogP contribution in [-0.2, 0) is 14.8 Å². The fraction of sp³-hybridized carbons (Fsp3) is 0.688. The fourth-order valence-electron chi connectivity index (χ4n) is 2.25. The highest BCUT2D eigenvalue weighted by molar-refractivity contribution is 7.94. The second kappa shape index (κ2) is 8.80. The van der Waals surface area contributed by atoms with Gasteiger partial charge in [0, 0.05) is 38.2 Å². The zero-order valence-corrected chi connectivity index (χ0v) is 18.4. The number of nitrogens with zero attached hydrogens (tertiary/aromatic N) is 2. The van der Waals surface area contributed by atoms with E-state index in [1.165, 1.54) is 23.3 Å². The summed E-state index contributed by atoms with van der Waals surface area (Å²) in [5.74, 6) is -0.292. The van der Waals surface area contributed by atoms with Gasteiger partial charge in [-0.1, -0.05) is 24.4 Å². The predicted molar refractivity (Wildman–Crippen MR) is 113 cm³/mol. The molecule has 0 saturated heterocycles. The Morgan fingerprint density at radius 2 is 1.52 bits per heavy atom. The van der Waals surface area contributed by atoms with E-state index in [-0.39, 0.29) is 17.9 Å². The Balaban J connectivity index is 2.13. The van der Waals surface area contributed by atoms with Crippen molar-refractivity contribution < 1.29 is 13.2 Å². The first-order valence-corrected chi connectivity index (χ1v) is 11.2. The van der Waals surface area contributed by atoms with Crippen LogP contribution in [0.5, 0.6) is 0 Å². The number of nitrogens with one attached hydrogen (secondary N) is 3. The van der Waals surface area contributed by atoms with E-state index < -0.39 is 20.8 Å². The number of hydrazine groups is 2. The summed E-state index contributed by atoms with van der Waals surface area (Å²) in [5.41, 5.74) is 2.54. The molecule has 0 aromatic heterocycles. The molecule has 0 spiro atoms. The summed E-state index contributed by atoms with van der Waals surface area (Å²) < 4.78 is 25.6. The Labute approximate surface area is 171 Å². The molecule has 2 fully saturated rings. The average molecular weight is 434 g/mol. The van der Waals surface area contributed by atoms with Crippen LogP contribution in [0.1, 0.15) is 39.5 Å². The Morgan fingerprint density at radius 3 is 1.96 bits per heavy atom. The molecule has 27 heavy (non-hydrogen) atoms. The monoisotopic (exact) mass is 433 g/mol. The van der Waals surface area contributed by atoms with Gasteiger partial charge in [-0.25, -0.2) is 8.42 Å². The van der Waals surface area contributed by atoms with Gasteiger partial charge in [0.2, 0.25) is 0 Å². The number of carbonyl (C=O) groups excluding carboxylic acids is 1. The predicted octanol–water partition coefficient (Wildman–Crippen LogP) is 1.03. The van der Waals surface area contributed by atoms with E-state index in [4.69, 9.17) is 24.4 Å². The summed E-state index contributed by atoms with van der Waals surface area (Å²) in [7, 11) is -0.987. The van der Waals surface area contributed by atoms with Gasteiger partial charge in [-0.2, -0.15) is 0 Å². The van der Waals surface area contributed by atoms with Crippen LogP contribution in [-0.4, -0.2) is 54.5 Å². The van der Waals surface area contributed by atoms with Gasteiger partial charge in [-0.3, -0.25) is 20.2 Å². The molecule has 8 nitrogen and oxygen atoms in total. The SMILES string of the molecule is CC(C)NC=C(C(=O)NN(C)C(=S)C1CC1)S(=O)(=O)NN(C)C(=S)C1CC1. The number of sulfonamides is 1. The summed E-state index contributed by atoms with van der Waals surface area (Å²) in [6, 6.07) is -0.0430. The van der Waals surface area contributed by atoms with Crippen LogP contribution in [0.2, 0.25) is 0 Å². The number of thiocarbonyl (C=S) groups is 2. The molecule has 0 unspecified atom stereocenters. The topological polar surface area (TPSA) is 93.8 Å². The Kier molecular flexibility index (Phi) is 7.17. The molecule has 0 radical (unpaired) electrons. The minimum absolute atomic E-state index is 0.0430. The number of hydrogen-bond donors (Lipinski definition) is 3. The number of hydrogen-bond acceptors (Lipinski definition) is 6. The van der Waals surface area contributed by atoms with Crippen molar-refractivity contribution in [3.05, 3.63) is 11.1 Å². The first-order valence-electron chi connectivity index (χ1n) is 8.87. The molecule has 3 N–H and O–H groups in total. The molecule has 0 aromatic rings.